The summed E-state index contributed by atoms with van der Waals surface area (Å²) in [5.41, 5.74) is 2.29. The van der Waals surface area contributed by atoms with Gasteiger partial charge in [-0.25, -0.2) is 4.98 Å². The van der Waals surface area contributed by atoms with E-state index < -0.39 is 0 Å². The van der Waals surface area contributed by atoms with Gasteiger partial charge in [0.1, 0.15) is 5.75 Å². The third-order valence-corrected chi connectivity index (χ3v) is 3.19. The summed E-state index contributed by atoms with van der Waals surface area (Å²) in [6.45, 7) is 2.20. The lowest BCUT2D eigenvalue weighted by molar-refractivity contribution is 0.311. The second-order valence-electron chi connectivity index (χ2n) is 4.57. The van der Waals surface area contributed by atoms with Gasteiger partial charge < -0.3 is 14.0 Å². The summed E-state index contributed by atoms with van der Waals surface area (Å²) in [5.74, 6) is 0.849. The molecule has 0 bridgehead atoms. The first-order valence-corrected chi connectivity index (χ1v) is 5.78. The van der Waals surface area contributed by atoms with Crippen LogP contribution >= 0.6 is 0 Å². The van der Waals surface area contributed by atoms with Gasteiger partial charge in [-0.15, -0.1) is 0 Å². The van der Waals surface area contributed by atoms with E-state index in [1.165, 1.54) is 0 Å². The van der Waals surface area contributed by atoms with Crippen LogP contribution in [0, 0.1) is 0 Å². The van der Waals surface area contributed by atoms with Crippen molar-refractivity contribution in [2.24, 2.45) is 0 Å². The summed E-state index contributed by atoms with van der Waals surface area (Å²) < 4.78 is 7.20. The fourth-order valence-corrected chi connectivity index (χ4v) is 1.78. The zero-order valence-corrected chi connectivity index (χ0v) is 10.8. The van der Waals surface area contributed by atoms with E-state index in [1.807, 2.05) is 23.0 Å². The average molecular weight is 233 g/mol. The quantitative estimate of drug-likeness (QED) is 0.807. The largest absolute Gasteiger partial charge is 0.495 e. The molecule has 0 saturated carbocycles. The number of aromatic nitrogens is 2. The van der Waals surface area contributed by atoms with Crippen molar-refractivity contribution < 1.29 is 4.74 Å². The summed E-state index contributed by atoms with van der Waals surface area (Å²) >= 11 is 0. The van der Waals surface area contributed by atoms with E-state index in [0.29, 0.717) is 6.04 Å². The van der Waals surface area contributed by atoms with Gasteiger partial charge in [0.15, 0.2) is 0 Å². The minimum absolute atomic E-state index is 0.482. The van der Waals surface area contributed by atoms with Crippen LogP contribution < -0.4 is 4.74 Å². The molecular weight excluding hydrogens is 214 g/mol. The van der Waals surface area contributed by atoms with Crippen LogP contribution in [0.3, 0.4) is 0 Å². The van der Waals surface area contributed by atoms with Gasteiger partial charge in [0.2, 0.25) is 0 Å². The maximum absolute atomic E-state index is 5.19. The second-order valence-corrected chi connectivity index (χ2v) is 4.57. The molecule has 0 amide bonds. The molecule has 17 heavy (non-hydrogen) atoms. The number of fused-ring (bicyclic) bond motifs is 1. The Bertz CT molecular complexity index is 504. The van der Waals surface area contributed by atoms with Gasteiger partial charge in [-0.1, -0.05) is 0 Å². The van der Waals surface area contributed by atoms with Gasteiger partial charge in [-0.05, 0) is 33.2 Å². The van der Waals surface area contributed by atoms with Crippen molar-refractivity contribution >= 4 is 5.52 Å². The van der Waals surface area contributed by atoms with Crippen molar-refractivity contribution in [1.82, 2.24) is 14.3 Å². The molecule has 0 radical (unpaired) electrons. The molecule has 2 rings (SSSR count). The second kappa shape index (κ2) is 4.75. The Labute approximate surface area is 102 Å². The summed E-state index contributed by atoms with van der Waals surface area (Å²) in [5, 5.41) is 0. The van der Waals surface area contributed by atoms with Crippen LogP contribution in [0.25, 0.3) is 5.52 Å². The first kappa shape index (κ1) is 11.9. The molecule has 1 unspecified atom stereocenters. The highest BCUT2D eigenvalue weighted by Gasteiger charge is 2.11. The molecule has 92 valence electrons. The molecule has 0 aliphatic rings. The lowest BCUT2D eigenvalue weighted by atomic mass is 10.1. The van der Waals surface area contributed by atoms with Crippen LogP contribution in [-0.4, -0.2) is 41.5 Å². The molecule has 0 fully saturated rings. The van der Waals surface area contributed by atoms with Crippen LogP contribution in [0.2, 0.25) is 0 Å². The first-order chi connectivity index (χ1) is 8.11. The summed E-state index contributed by atoms with van der Waals surface area (Å²) in [7, 11) is 5.85. The summed E-state index contributed by atoms with van der Waals surface area (Å²) in [4.78, 5) is 6.68. The van der Waals surface area contributed by atoms with Crippen molar-refractivity contribution in [2.45, 2.75) is 19.4 Å². The van der Waals surface area contributed by atoms with E-state index in [0.717, 1.165) is 23.4 Å². The van der Waals surface area contributed by atoms with Crippen molar-refractivity contribution in [3.8, 4) is 5.75 Å². The lowest BCUT2D eigenvalue weighted by Gasteiger charge is -2.18. The zero-order valence-electron chi connectivity index (χ0n) is 10.8. The van der Waals surface area contributed by atoms with Crippen molar-refractivity contribution in [3.05, 3.63) is 30.4 Å². The summed E-state index contributed by atoms with van der Waals surface area (Å²) in [6.07, 6.45) is 4.75. The third kappa shape index (κ3) is 2.42. The van der Waals surface area contributed by atoms with Crippen molar-refractivity contribution in [3.63, 3.8) is 0 Å². The SMILES string of the molecule is COc1ccc2c(CC(C)N(C)C)ncn2c1. The Hall–Kier alpha value is -1.55. The maximum atomic E-state index is 5.19. The summed E-state index contributed by atoms with van der Waals surface area (Å²) in [6, 6.07) is 4.51. The number of methoxy groups -OCH3 is 1. The zero-order chi connectivity index (χ0) is 12.4. The van der Waals surface area contributed by atoms with Crippen LogP contribution in [0.15, 0.2) is 24.7 Å². The Kier molecular flexibility index (Phi) is 3.33. The smallest absolute Gasteiger partial charge is 0.135 e. The number of rotatable bonds is 4. The van der Waals surface area contributed by atoms with E-state index in [-0.39, 0.29) is 0 Å². The van der Waals surface area contributed by atoms with E-state index in [2.05, 4.69) is 37.0 Å². The molecule has 0 aliphatic heterocycles. The molecule has 4 nitrogen and oxygen atoms in total. The molecule has 0 spiro atoms. The molecule has 0 aliphatic carbocycles. The van der Waals surface area contributed by atoms with E-state index in [1.54, 1.807) is 7.11 Å². The fourth-order valence-electron chi connectivity index (χ4n) is 1.78. The number of hydrogen-bond donors (Lipinski definition) is 0. The highest BCUT2D eigenvalue weighted by molar-refractivity contribution is 5.53. The van der Waals surface area contributed by atoms with E-state index in [9.17, 15) is 0 Å². The van der Waals surface area contributed by atoms with E-state index >= 15 is 0 Å². The Morgan fingerprint density at radius 3 is 2.82 bits per heavy atom. The number of pyridine rings is 1. The van der Waals surface area contributed by atoms with E-state index in [4.69, 9.17) is 4.74 Å². The highest BCUT2D eigenvalue weighted by atomic mass is 16.5. The minimum Gasteiger partial charge on any atom is -0.495 e. The number of likely N-dealkylation sites (N-methyl/N-ethyl adjacent to an activating group) is 1. The van der Waals surface area contributed by atoms with Crippen LogP contribution in [0.5, 0.6) is 5.75 Å². The number of nitrogens with zero attached hydrogens (tertiary/aromatic N) is 3. The molecular formula is C13H19N3O. The number of ether oxygens (including phenoxy) is 1. The molecule has 0 aromatic carbocycles. The monoisotopic (exact) mass is 233 g/mol. The van der Waals surface area contributed by atoms with Gasteiger partial charge in [0.05, 0.1) is 30.8 Å². The number of imidazole rings is 1. The van der Waals surface area contributed by atoms with Crippen molar-refractivity contribution in [1.29, 1.82) is 0 Å². The molecule has 4 heteroatoms. The van der Waals surface area contributed by atoms with Gasteiger partial charge in [0, 0.05) is 12.5 Å². The Morgan fingerprint density at radius 1 is 1.41 bits per heavy atom. The standard InChI is InChI=1S/C13H19N3O/c1-10(15(2)3)7-12-13-6-5-11(17-4)8-16(13)9-14-12/h5-6,8-10H,7H2,1-4H3. The molecule has 1 atom stereocenters. The number of hydrogen-bond acceptors (Lipinski definition) is 3. The van der Waals surface area contributed by atoms with Crippen LogP contribution in [-0.2, 0) is 6.42 Å². The Morgan fingerprint density at radius 2 is 2.18 bits per heavy atom. The molecule has 0 saturated heterocycles. The predicted molar refractivity (Wildman–Crippen MR) is 68.6 cm³/mol. The third-order valence-electron chi connectivity index (χ3n) is 3.19. The molecule has 2 heterocycles. The molecule has 2 aromatic heterocycles. The average Bonchev–Trinajstić information content (AvgIpc) is 2.71. The van der Waals surface area contributed by atoms with Gasteiger partial charge >= 0.3 is 0 Å². The molecule has 0 N–H and O–H groups in total. The minimum atomic E-state index is 0.482. The topological polar surface area (TPSA) is 29.8 Å². The normalized spacial score (nSPS) is 13.2. The highest BCUT2D eigenvalue weighted by Crippen LogP contribution is 2.17. The molecule has 2 aromatic rings. The van der Waals surface area contributed by atoms with Gasteiger partial charge in [-0.3, -0.25) is 0 Å². The predicted octanol–water partition coefficient (Wildman–Crippen LogP) is 1.84. The van der Waals surface area contributed by atoms with Crippen molar-refractivity contribution in [2.75, 3.05) is 21.2 Å². The van der Waals surface area contributed by atoms with Gasteiger partial charge in [-0.2, -0.15) is 0 Å². The van der Waals surface area contributed by atoms with Crippen LogP contribution in [0.4, 0.5) is 0 Å². The lowest BCUT2D eigenvalue weighted by Crippen LogP contribution is -2.26. The van der Waals surface area contributed by atoms with Crippen LogP contribution in [0.1, 0.15) is 12.6 Å². The van der Waals surface area contributed by atoms with Gasteiger partial charge in [0.25, 0.3) is 0 Å². The Balaban J connectivity index is 2.30. The fraction of sp³-hybridized carbons (Fsp3) is 0.462. The first-order valence-electron chi connectivity index (χ1n) is 5.78. The maximum Gasteiger partial charge on any atom is 0.135 e.